The topological polar surface area (TPSA) is 37.3 Å². The van der Waals surface area contributed by atoms with Crippen molar-refractivity contribution in [3.05, 3.63) is 28.8 Å². The van der Waals surface area contributed by atoms with E-state index in [4.69, 9.17) is 5.11 Å². The van der Waals surface area contributed by atoms with Crippen molar-refractivity contribution in [2.45, 2.75) is 55.9 Å². The zero-order chi connectivity index (χ0) is 18.2. The molecule has 2 nitrogen and oxygen atoms in total. The first-order valence-corrected chi connectivity index (χ1v) is 7.57. The van der Waals surface area contributed by atoms with E-state index in [1.54, 1.807) is 20.8 Å². The summed E-state index contributed by atoms with van der Waals surface area (Å²) in [4.78, 5) is 10.9. The lowest BCUT2D eigenvalue weighted by Gasteiger charge is -2.28. The van der Waals surface area contributed by atoms with Crippen LogP contribution < -0.4 is 0 Å². The summed E-state index contributed by atoms with van der Waals surface area (Å²) in [5, 5.41) is 9.15. The Bertz CT molecular complexity index is 603. The van der Waals surface area contributed by atoms with E-state index in [2.05, 4.69) is 0 Å². The largest absolute Gasteiger partial charge is 0.478 e. The number of aromatic carboxylic acids is 1. The average Bonchev–Trinajstić information content (AvgIpc) is 2.34. The lowest BCUT2D eigenvalue weighted by Crippen LogP contribution is -2.35. The molecule has 0 amide bonds. The van der Waals surface area contributed by atoms with E-state index in [1.165, 1.54) is 6.92 Å². The minimum atomic E-state index is -5.75. The lowest BCUT2D eigenvalue weighted by atomic mass is 9.98. The van der Waals surface area contributed by atoms with Crippen molar-refractivity contribution >= 4 is 17.7 Å². The molecule has 0 heterocycles. The Hall–Kier alpha value is -1.31. The van der Waals surface area contributed by atoms with E-state index in [9.17, 15) is 26.7 Å². The summed E-state index contributed by atoms with van der Waals surface area (Å²) in [7, 11) is 0. The predicted molar refractivity (Wildman–Crippen MR) is 78.3 cm³/mol. The predicted octanol–water partition coefficient (Wildman–Crippen LogP) is 5.49. The van der Waals surface area contributed by atoms with Crippen LogP contribution in [0, 0.1) is 0 Å². The van der Waals surface area contributed by atoms with Crippen molar-refractivity contribution in [1.82, 2.24) is 0 Å². The van der Waals surface area contributed by atoms with Gasteiger partial charge in [-0.1, -0.05) is 33.8 Å². The third-order valence-corrected chi connectivity index (χ3v) is 4.23. The van der Waals surface area contributed by atoms with Crippen molar-refractivity contribution in [3.8, 4) is 0 Å². The minimum absolute atomic E-state index is 0.0150. The third-order valence-electron chi connectivity index (χ3n) is 2.95. The van der Waals surface area contributed by atoms with Gasteiger partial charge in [0.15, 0.2) is 0 Å². The van der Waals surface area contributed by atoms with E-state index in [0.717, 1.165) is 17.8 Å². The molecule has 0 bridgehead atoms. The SMILES string of the molecule is CCc1c(C(=O)O)ccc(C(F)(F)C(F)(F)F)c1SC(C)(C)C. The van der Waals surface area contributed by atoms with Gasteiger partial charge in [0, 0.05) is 15.2 Å². The molecule has 0 aliphatic carbocycles. The lowest BCUT2D eigenvalue weighted by molar-refractivity contribution is -0.290. The first-order chi connectivity index (χ1) is 10.2. The van der Waals surface area contributed by atoms with Crippen LogP contribution in [-0.4, -0.2) is 22.0 Å². The van der Waals surface area contributed by atoms with Gasteiger partial charge in [-0.05, 0) is 18.1 Å². The molecule has 130 valence electrons. The van der Waals surface area contributed by atoms with Crippen LogP contribution in [0.25, 0.3) is 0 Å². The summed E-state index contributed by atoms with van der Waals surface area (Å²) in [6.07, 6.45) is -5.72. The smallest absolute Gasteiger partial charge is 0.458 e. The molecular formula is C15H17F5O2S. The maximum Gasteiger partial charge on any atom is 0.458 e. The number of carboxylic acid groups (broad SMARTS) is 1. The van der Waals surface area contributed by atoms with Crippen LogP contribution in [0.15, 0.2) is 17.0 Å². The van der Waals surface area contributed by atoms with Crippen molar-refractivity contribution < 1.29 is 31.9 Å². The zero-order valence-electron chi connectivity index (χ0n) is 13.0. The number of hydrogen-bond acceptors (Lipinski definition) is 2. The molecule has 0 unspecified atom stereocenters. The van der Waals surface area contributed by atoms with E-state index in [0.29, 0.717) is 6.07 Å². The summed E-state index contributed by atoms with van der Waals surface area (Å²) >= 11 is 0.810. The second-order valence-corrected chi connectivity index (χ2v) is 7.75. The second-order valence-electron chi connectivity index (χ2n) is 5.91. The third kappa shape index (κ3) is 4.16. The Morgan fingerprint density at radius 3 is 2.00 bits per heavy atom. The van der Waals surface area contributed by atoms with Crippen LogP contribution in [0.2, 0.25) is 0 Å². The van der Waals surface area contributed by atoms with Gasteiger partial charge < -0.3 is 5.11 Å². The molecule has 0 saturated carbocycles. The average molecular weight is 356 g/mol. The maximum atomic E-state index is 13.9. The Labute approximate surface area is 135 Å². The fourth-order valence-electron chi connectivity index (χ4n) is 2.00. The molecule has 0 aliphatic rings. The number of carbonyl (C=O) groups is 1. The summed E-state index contributed by atoms with van der Waals surface area (Å²) in [6, 6.07) is 1.37. The quantitative estimate of drug-likeness (QED) is 0.572. The highest BCUT2D eigenvalue weighted by atomic mass is 32.2. The highest BCUT2D eigenvalue weighted by Crippen LogP contribution is 2.50. The summed E-state index contributed by atoms with van der Waals surface area (Å²) in [6.45, 7) is 6.48. The van der Waals surface area contributed by atoms with Crippen LogP contribution in [-0.2, 0) is 12.3 Å². The molecule has 0 radical (unpaired) electrons. The molecule has 0 aromatic heterocycles. The standard InChI is InChI=1S/C15H17F5O2S/c1-5-8-9(12(21)22)6-7-10(11(8)23-13(2,3)4)14(16,17)15(18,19)20/h6-7H,5H2,1-4H3,(H,21,22). The van der Waals surface area contributed by atoms with Crippen LogP contribution in [0.1, 0.15) is 49.2 Å². The van der Waals surface area contributed by atoms with Gasteiger partial charge in [0.25, 0.3) is 0 Å². The highest BCUT2D eigenvalue weighted by Gasteiger charge is 2.60. The van der Waals surface area contributed by atoms with E-state index < -0.39 is 28.4 Å². The van der Waals surface area contributed by atoms with E-state index >= 15 is 0 Å². The number of carboxylic acids is 1. The number of halogens is 5. The Kier molecular flexibility index (Phi) is 5.40. The highest BCUT2D eigenvalue weighted by molar-refractivity contribution is 8.00. The number of thioether (sulfide) groups is 1. The number of alkyl halides is 5. The van der Waals surface area contributed by atoms with E-state index in [-0.39, 0.29) is 22.4 Å². The molecule has 1 rings (SSSR count). The second kappa shape index (κ2) is 6.30. The normalized spacial score (nSPS) is 13.3. The molecule has 23 heavy (non-hydrogen) atoms. The summed E-state index contributed by atoms with van der Waals surface area (Å²) < 4.78 is 65.3. The molecule has 0 spiro atoms. The fourth-order valence-corrected chi connectivity index (χ4v) is 3.30. The molecule has 0 saturated heterocycles. The van der Waals surface area contributed by atoms with Gasteiger partial charge in [0.2, 0.25) is 0 Å². The zero-order valence-corrected chi connectivity index (χ0v) is 13.8. The van der Waals surface area contributed by atoms with Gasteiger partial charge in [-0.25, -0.2) is 4.79 Å². The molecule has 0 fully saturated rings. The first-order valence-electron chi connectivity index (χ1n) is 6.75. The molecule has 8 heteroatoms. The van der Waals surface area contributed by atoms with Gasteiger partial charge in [-0.3, -0.25) is 0 Å². The summed E-state index contributed by atoms with van der Waals surface area (Å²) in [5.74, 6) is -6.42. The van der Waals surface area contributed by atoms with Crippen LogP contribution in [0.3, 0.4) is 0 Å². The molecule has 0 atom stereocenters. The van der Waals surface area contributed by atoms with Gasteiger partial charge in [-0.2, -0.15) is 22.0 Å². The molecule has 0 aliphatic heterocycles. The van der Waals surface area contributed by atoms with Crippen molar-refractivity contribution in [2.75, 3.05) is 0 Å². The van der Waals surface area contributed by atoms with Crippen LogP contribution in [0.4, 0.5) is 22.0 Å². The Morgan fingerprint density at radius 1 is 1.13 bits per heavy atom. The Balaban J connectivity index is 3.75. The first kappa shape index (κ1) is 19.7. The minimum Gasteiger partial charge on any atom is -0.478 e. The summed E-state index contributed by atoms with van der Waals surface area (Å²) in [5.41, 5.74) is -1.48. The fraction of sp³-hybridized carbons (Fsp3) is 0.533. The van der Waals surface area contributed by atoms with Crippen LogP contribution >= 0.6 is 11.8 Å². The number of rotatable bonds is 4. The van der Waals surface area contributed by atoms with Gasteiger partial charge in [0.05, 0.1) is 5.56 Å². The van der Waals surface area contributed by atoms with Gasteiger partial charge in [0.1, 0.15) is 0 Å². The van der Waals surface area contributed by atoms with E-state index in [1.807, 2.05) is 0 Å². The number of benzene rings is 1. The van der Waals surface area contributed by atoms with Crippen molar-refractivity contribution in [1.29, 1.82) is 0 Å². The Morgan fingerprint density at radius 2 is 1.65 bits per heavy atom. The number of hydrogen-bond donors (Lipinski definition) is 1. The molecular weight excluding hydrogens is 339 g/mol. The molecule has 1 aromatic carbocycles. The maximum absolute atomic E-state index is 13.9. The van der Waals surface area contributed by atoms with Crippen LogP contribution in [0.5, 0.6) is 0 Å². The van der Waals surface area contributed by atoms with Crippen molar-refractivity contribution in [2.24, 2.45) is 0 Å². The van der Waals surface area contributed by atoms with Gasteiger partial charge >= 0.3 is 18.1 Å². The molecule has 1 aromatic rings. The molecule has 1 N–H and O–H groups in total. The van der Waals surface area contributed by atoms with Crippen molar-refractivity contribution in [3.63, 3.8) is 0 Å². The monoisotopic (exact) mass is 356 g/mol. The van der Waals surface area contributed by atoms with Gasteiger partial charge in [-0.15, -0.1) is 11.8 Å².